The van der Waals surface area contributed by atoms with E-state index < -0.39 is 24.5 Å². The van der Waals surface area contributed by atoms with Crippen molar-refractivity contribution in [3.63, 3.8) is 0 Å². The molecule has 1 aromatic rings. The van der Waals surface area contributed by atoms with Gasteiger partial charge in [-0.25, -0.2) is 0 Å². The van der Waals surface area contributed by atoms with Crippen LogP contribution in [0.15, 0.2) is 17.1 Å². The van der Waals surface area contributed by atoms with Gasteiger partial charge in [0, 0.05) is 12.3 Å². The van der Waals surface area contributed by atoms with Crippen LogP contribution in [0, 0.1) is 0 Å². The maximum Gasteiger partial charge on any atom is 0.272 e. The molecule has 0 saturated carbocycles. The highest BCUT2D eigenvalue weighted by Crippen LogP contribution is 2.44. The van der Waals surface area contributed by atoms with Crippen LogP contribution in [-0.2, 0) is 4.74 Å². The van der Waals surface area contributed by atoms with Crippen LogP contribution in [0.3, 0.4) is 0 Å². The molecule has 4 atom stereocenters. The summed E-state index contributed by atoms with van der Waals surface area (Å²) in [6.45, 7) is -0.384. The Morgan fingerprint density at radius 2 is 2.05 bits per heavy atom. The summed E-state index contributed by atoms with van der Waals surface area (Å²) >= 11 is 3.40. The quantitative estimate of drug-likeness (QED) is 0.687. The van der Waals surface area contributed by atoms with Gasteiger partial charge in [-0.05, 0) is 17.9 Å². The lowest BCUT2D eigenvalue weighted by Gasteiger charge is -2.27. The van der Waals surface area contributed by atoms with Crippen LogP contribution < -0.4 is 5.56 Å². The molecule has 0 bridgehead atoms. The molecule has 2 saturated heterocycles. The molecule has 2 aliphatic rings. The second-order valence-electron chi connectivity index (χ2n) is 5.19. The maximum absolute atomic E-state index is 11.6. The van der Waals surface area contributed by atoms with Crippen molar-refractivity contribution in [3.05, 3.63) is 28.4 Å². The predicted octanol–water partition coefficient (Wildman–Crippen LogP) is -0.277. The molecule has 1 aromatic heterocycles. The van der Waals surface area contributed by atoms with Crippen LogP contribution in [-0.4, -0.2) is 61.3 Å². The van der Waals surface area contributed by atoms with Crippen molar-refractivity contribution >= 4 is 23.5 Å². The number of rotatable bonds is 3. The van der Waals surface area contributed by atoms with Crippen molar-refractivity contribution in [2.75, 3.05) is 18.1 Å². The van der Waals surface area contributed by atoms with E-state index in [0.717, 1.165) is 17.9 Å². The highest BCUT2D eigenvalue weighted by Gasteiger charge is 2.44. The number of nitrogens with zero attached hydrogens (tertiary/aromatic N) is 2. The third-order valence-corrected chi connectivity index (χ3v) is 6.59. The van der Waals surface area contributed by atoms with Crippen molar-refractivity contribution in [2.24, 2.45) is 0 Å². The van der Waals surface area contributed by atoms with Gasteiger partial charge in [0.15, 0.2) is 6.23 Å². The molecule has 0 spiro atoms. The number of thioether (sulfide) groups is 2. The minimum Gasteiger partial charge on any atom is -0.394 e. The predicted molar refractivity (Wildman–Crippen MR) is 83.8 cm³/mol. The first kappa shape index (κ1) is 16.3. The van der Waals surface area contributed by atoms with Gasteiger partial charge in [0.2, 0.25) is 0 Å². The van der Waals surface area contributed by atoms with Gasteiger partial charge < -0.3 is 24.6 Å². The van der Waals surface area contributed by atoms with Crippen LogP contribution in [0.5, 0.6) is 0 Å². The Balaban J connectivity index is 1.94. The first-order valence-corrected chi connectivity index (χ1v) is 9.16. The van der Waals surface area contributed by atoms with E-state index >= 15 is 0 Å². The summed E-state index contributed by atoms with van der Waals surface area (Å²) < 4.78 is 7.13. The van der Waals surface area contributed by atoms with E-state index in [2.05, 4.69) is 4.98 Å². The molecule has 122 valence electrons. The first-order chi connectivity index (χ1) is 10.6. The number of aromatic nitrogens is 2. The topological polar surface area (TPSA) is 105 Å². The van der Waals surface area contributed by atoms with E-state index in [-0.39, 0.29) is 16.7 Å². The average Bonchev–Trinajstić information content (AvgIpc) is 2.83. The first-order valence-electron chi connectivity index (χ1n) is 7.06. The summed E-state index contributed by atoms with van der Waals surface area (Å²) in [5.41, 5.74) is -0.343. The number of hydrogen-bond donors (Lipinski definition) is 3. The van der Waals surface area contributed by atoms with Gasteiger partial charge in [0.25, 0.3) is 5.56 Å². The molecule has 3 rings (SSSR count). The van der Waals surface area contributed by atoms with Gasteiger partial charge in [-0.1, -0.05) is 0 Å². The van der Waals surface area contributed by atoms with Gasteiger partial charge in [-0.15, -0.1) is 23.5 Å². The second kappa shape index (κ2) is 6.90. The monoisotopic (exact) mass is 346 g/mol. The Kier molecular flexibility index (Phi) is 5.10. The SMILES string of the molecule is O=c1ccn([C@@H]2O[C@H](CO)[C@H](O)[C@H]2O)c(C2SCCCS2)n1. The van der Waals surface area contributed by atoms with Gasteiger partial charge in [-0.2, -0.15) is 4.98 Å². The lowest BCUT2D eigenvalue weighted by atomic mass is 10.1. The molecule has 7 nitrogen and oxygen atoms in total. The van der Waals surface area contributed by atoms with Crippen LogP contribution in [0.25, 0.3) is 0 Å². The molecule has 0 unspecified atom stereocenters. The van der Waals surface area contributed by atoms with Crippen molar-refractivity contribution in [1.29, 1.82) is 0 Å². The number of hydrogen-bond acceptors (Lipinski definition) is 8. The standard InChI is InChI=1S/C13H18N2O5S2/c16-6-7-9(18)10(19)12(20-7)15-3-2-8(17)14-11(15)13-21-4-1-5-22-13/h2-3,7,9-10,12-13,16,18-19H,1,4-6H2/t7-,9+,10-,12-/m1/s1. The third-order valence-electron chi connectivity index (χ3n) is 3.70. The van der Waals surface area contributed by atoms with Crippen molar-refractivity contribution < 1.29 is 20.1 Å². The molecule has 2 fully saturated rings. The minimum absolute atomic E-state index is 0.0104. The Morgan fingerprint density at radius 3 is 2.68 bits per heavy atom. The van der Waals surface area contributed by atoms with E-state index in [0.29, 0.717) is 5.82 Å². The van der Waals surface area contributed by atoms with Crippen molar-refractivity contribution in [3.8, 4) is 0 Å². The minimum atomic E-state index is -1.18. The normalized spacial score (nSPS) is 33.2. The Morgan fingerprint density at radius 1 is 1.32 bits per heavy atom. The molecule has 22 heavy (non-hydrogen) atoms. The lowest BCUT2D eigenvalue weighted by molar-refractivity contribution is -0.0545. The second-order valence-corrected chi connectivity index (χ2v) is 7.91. The largest absolute Gasteiger partial charge is 0.394 e. The fraction of sp³-hybridized carbons (Fsp3) is 0.692. The van der Waals surface area contributed by atoms with Crippen LogP contribution in [0.1, 0.15) is 23.1 Å². The summed E-state index contributed by atoms with van der Waals surface area (Å²) in [5.74, 6) is 2.49. The Bertz CT molecular complexity index is 578. The fourth-order valence-corrected chi connectivity index (χ4v) is 5.41. The number of aliphatic hydroxyl groups excluding tert-OH is 3. The molecular formula is C13H18N2O5S2. The maximum atomic E-state index is 11.6. The molecular weight excluding hydrogens is 328 g/mol. The zero-order chi connectivity index (χ0) is 15.7. The molecule has 3 heterocycles. The average molecular weight is 346 g/mol. The lowest BCUT2D eigenvalue weighted by Crippen LogP contribution is -2.34. The zero-order valence-electron chi connectivity index (χ0n) is 11.7. The molecule has 2 aliphatic heterocycles. The smallest absolute Gasteiger partial charge is 0.272 e. The van der Waals surface area contributed by atoms with Crippen LogP contribution in [0.2, 0.25) is 0 Å². The molecule has 0 aliphatic carbocycles. The van der Waals surface area contributed by atoms with E-state index in [1.54, 1.807) is 28.1 Å². The summed E-state index contributed by atoms with van der Waals surface area (Å²) in [6, 6.07) is 1.30. The highest BCUT2D eigenvalue weighted by molar-refractivity contribution is 8.16. The molecule has 9 heteroatoms. The molecule has 0 radical (unpaired) electrons. The van der Waals surface area contributed by atoms with Gasteiger partial charge >= 0.3 is 0 Å². The molecule has 0 aromatic carbocycles. The summed E-state index contributed by atoms with van der Waals surface area (Å²) in [7, 11) is 0. The van der Waals surface area contributed by atoms with Crippen molar-refractivity contribution in [2.45, 2.75) is 35.5 Å². The van der Waals surface area contributed by atoms with E-state index in [9.17, 15) is 20.1 Å². The highest BCUT2D eigenvalue weighted by atomic mass is 32.2. The zero-order valence-corrected chi connectivity index (χ0v) is 13.4. The number of aliphatic hydroxyl groups is 3. The van der Waals surface area contributed by atoms with Crippen LogP contribution in [0.4, 0.5) is 0 Å². The van der Waals surface area contributed by atoms with E-state index in [4.69, 9.17) is 4.74 Å². The van der Waals surface area contributed by atoms with Crippen molar-refractivity contribution in [1.82, 2.24) is 9.55 Å². The van der Waals surface area contributed by atoms with Gasteiger partial charge in [-0.3, -0.25) is 4.79 Å². The van der Waals surface area contributed by atoms with Gasteiger partial charge in [0.1, 0.15) is 28.7 Å². The molecule has 0 amide bonds. The number of ether oxygens (including phenoxy) is 1. The Labute approximate surface area is 135 Å². The van der Waals surface area contributed by atoms with Gasteiger partial charge in [0.05, 0.1) is 6.61 Å². The third kappa shape index (κ3) is 3.06. The Hall–Kier alpha value is -0.580. The summed E-state index contributed by atoms with van der Waals surface area (Å²) in [6.07, 6.45) is -1.43. The van der Waals surface area contributed by atoms with Crippen LogP contribution >= 0.6 is 23.5 Å². The summed E-state index contributed by atoms with van der Waals surface area (Å²) in [4.78, 5) is 15.7. The molecule has 3 N–H and O–H groups in total. The van der Waals surface area contributed by atoms with E-state index in [1.165, 1.54) is 12.3 Å². The van der Waals surface area contributed by atoms with E-state index in [1.807, 2.05) is 0 Å². The summed E-state index contributed by atoms with van der Waals surface area (Å²) in [5, 5.41) is 29.3. The fourth-order valence-electron chi connectivity index (χ4n) is 2.56.